The predicted molar refractivity (Wildman–Crippen MR) is 68.5 cm³/mol. The van der Waals surface area contributed by atoms with Crippen molar-refractivity contribution >= 4 is 18.4 Å². The molecule has 2 N–H and O–H groups in total. The molecule has 17 heavy (non-hydrogen) atoms. The van der Waals surface area contributed by atoms with E-state index in [9.17, 15) is 10.0 Å². The van der Waals surface area contributed by atoms with Crippen molar-refractivity contribution in [2.24, 2.45) is 0 Å². The lowest BCUT2D eigenvalue weighted by molar-refractivity contribution is 0.312. The Bertz CT molecular complexity index is 827. The van der Waals surface area contributed by atoms with Gasteiger partial charge in [-0.15, -0.1) is 0 Å². The third-order valence-corrected chi connectivity index (χ3v) is 1.91. The number of aryl methyl sites for hydroxylation is 1. The fourth-order valence-electron chi connectivity index (χ4n) is 1.17. The average Bonchev–Trinajstić information content (AvgIpc) is 2.49. The van der Waals surface area contributed by atoms with Crippen LogP contribution < -0.4 is 10.4 Å². The molecule has 0 spiro atoms. The summed E-state index contributed by atoms with van der Waals surface area (Å²) in [5, 5.41) is 18.9. The zero-order valence-corrected chi connectivity index (χ0v) is 8.47. The number of hydrogen-bond acceptors (Lipinski definition) is 5. The van der Waals surface area contributed by atoms with E-state index in [1.165, 1.54) is 0 Å². The molecular formula is C11H18BN3O2. The van der Waals surface area contributed by atoms with E-state index in [4.69, 9.17) is 19.2 Å². The van der Waals surface area contributed by atoms with E-state index in [2.05, 4.69) is 4.98 Å². The molecule has 0 bridgehead atoms. The number of piperazine rings is 1. The van der Waals surface area contributed by atoms with Gasteiger partial charge in [-0.25, -0.2) is 4.98 Å². The summed E-state index contributed by atoms with van der Waals surface area (Å²) in [4.78, 5) is 2.88. The summed E-state index contributed by atoms with van der Waals surface area (Å²) in [6, 6.07) is 1.38. The van der Waals surface area contributed by atoms with Crippen molar-refractivity contribution in [2.75, 3.05) is 37.9 Å². The highest BCUT2D eigenvalue weighted by Gasteiger charge is 2.18. The zero-order chi connectivity index (χ0) is 24.6. The maximum Gasteiger partial charge on any atom is 0.488 e. The first-order valence-corrected chi connectivity index (χ1v) is 4.50. The molecule has 1 saturated heterocycles. The van der Waals surface area contributed by atoms with Gasteiger partial charge in [0.1, 0.15) is 5.82 Å². The molecule has 0 aliphatic carbocycles. The third kappa shape index (κ3) is 2.97. The van der Waals surface area contributed by atoms with Crippen LogP contribution >= 0.6 is 0 Å². The molecule has 0 atom stereocenters. The Morgan fingerprint density at radius 1 is 1.35 bits per heavy atom. The lowest BCUT2D eigenvalue weighted by Gasteiger charge is -2.33. The number of pyridine rings is 1. The first kappa shape index (κ1) is 3.69. The van der Waals surface area contributed by atoms with Gasteiger partial charge in [0.15, 0.2) is 0 Å². The average molecular weight is 249 g/mol. The van der Waals surface area contributed by atoms with Crippen LogP contribution in [-0.4, -0.2) is 60.0 Å². The second-order valence-corrected chi connectivity index (χ2v) is 3.14. The zero-order valence-electron chi connectivity index (χ0n) is 22.5. The van der Waals surface area contributed by atoms with Crippen molar-refractivity contribution < 1.29 is 29.2 Å². The molecule has 0 aromatic carbocycles. The lowest BCUT2D eigenvalue weighted by atomic mass is 9.80. The Kier molecular flexibility index (Phi) is 1.09. The molecule has 2 heterocycles. The van der Waals surface area contributed by atoms with Crippen molar-refractivity contribution in [3.63, 3.8) is 0 Å². The summed E-state index contributed by atoms with van der Waals surface area (Å²) < 4.78 is 110. The van der Waals surface area contributed by atoms with Crippen LogP contribution in [0.25, 0.3) is 0 Å². The number of likely N-dealkylation sites (N-methyl/N-ethyl adjacent to an activating group) is 1. The summed E-state index contributed by atoms with van der Waals surface area (Å²) >= 11 is 0. The smallest absolute Gasteiger partial charge is 0.423 e. The van der Waals surface area contributed by atoms with E-state index in [0.29, 0.717) is 6.07 Å². The van der Waals surface area contributed by atoms with Crippen LogP contribution in [0.1, 0.15) is 24.9 Å². The quantitative estimate of drug-likeness (QED) is 0.646. The fourth-order valence-corrected chi connectivity index (χ4v) is 1.17. The summed E-state index contributed by atoms with van der Waals surface area (Å²) in [7, 11) is -2.31. The van der Waals surface area contributed by atoms with Gasteiger partial charge >= 0.3 is 7.12 Å². The minimum absolute atomic E-state index is 0.163. The standard InChI is InChI=1S/C11H18BN3O2/c1-9-7-10(12(16)17)8-11(13-9)15-5-3-14(2)4-6-15/h7-8,16-17H,3-6H2,1-2H3/i1D3,2D3,3D2,4D2,5D2,6D2. The summed E-state index contributed by atoms with van der Waals surface area (Å²) in [6.45, 7) is -21.2. The van der Waals surface area contributed by atoms with Gasteiger partial charge in [-0.3, -0.25) is 0 Å². The highest BCUT2D eigenvalue weighted by molar-refractivity contribution is 6.58. The van der Waals surface area contributed by atoms with E-state index in [1.54, 1.807) is 0 Å². The molecule has 1 fully saturated rings. The van der Waals surface area contributed by atoms with Crippen LogP contribution in [0.5, 0.6) is 0 Å². The van der Waals surface area contributed by atoms with Gasteiger partial charge in [-0.2, -0.15) is 0 Å². The van der Waals surface area contributed by atoms with E-state index >= 15 is 0 Å². The minimum atomic E-state index is -3.69. The van der Waals surface area contributed by atoms with Gasteiger partial charge in [-0.05, 0) is 31.4 Å². The Morgan fingerprint density at radius 3 is 2.71 bits per heavy atom. The fraction of sp³-hybridized carbons (Fsp3) is 0.545. The first-order valence-electron chi connectivity index (χ1n) is 11.5. The van der Waals surface area contributed by atoms with Gasteiger partial charge in [0.05, 0.1) is 5.48 Å². The largest absolute Gasteiger partial charge is 0.488 e. The minimum Gasteiger partial charge on any atom is -0.423 e. The van der Waals surface area contributed by atoms with Crippen molar-refractivity contribution in [3.05, 3.63) is 17.8 Å². The highest BCUT2D eigenvalue weighted by atomic mass is 16.4. The van der Waals surface area contributed by atoms with Gasteiger partial charge in [0.25, 0.3) is 0 Å². The van der Waals surface area contributed by atoms with Crippen molar-refractivity contribution in [3.8, 4) is 0 Å². The van der Waals surface area contributed by atoms with Gasteiger partial charge in [-0.1, -0.05) is 0 Å². The molecule has 0 saturated carbocycles. The second kappa shape index (κ2) is 5.04. The molecular weight excluding hydrogens is 217 g/mol. The Hall–Kier alpha value is -1.11. The van der Waals surface area contributed by atoms with Crippen LogP contribution in [0.15, 0.2) is 12.1 Å². The second-order valence-electron chi connectivity index (χ2n) is 3.14. The van der Waals surface area contributed by atoms with Gasteiger partial charge in [0.2, 0.25) is 0 Å². The molecule has 2 rings (SSSR count). The van der Waals surface area contributed by atoms with E-state index < -0.39 is 68.8 Å². The topological polar surface area (TPSA) is 59.8 Å². The van der Waals surface area contributed by atoms with Crippen LogP contribution in [-0.2, 0) is 0 Å². The normalized spacial score (nSPS) is 42.8. The van der Waals surface area contributed by atoms with Crippen molar-refractivity contribution in [1.82, 2.24) is 9.88 Å². The molecule has 1 aliphatic rings. The molecule has 6 heteroatoms. The molecule has 1 aliphatic heterocycles. The van der Waals surface area contributed by atoms with Crippen LogP contribution in [0.3, 0.4) is 0 Å². The van der Waals surface area contributed by atoms with E-state index in [-0.39, 0.29) is 4.90 Å². The molecule has 92 valence electrons. The molecule has 0 unspecified atom stereocenters. The van der Waals surface area contributed by atoms with E-state index in [0.717, 1.165) is 6.07 Å². The van der Waals surface area contributed by atoms with Crippen LogP contribution in [0, 0.1) is 6.85 Å². The summed E-state index contributed by atoms with van der Waals surface area (Å²) in [5.74, 6) is -0.982. The number of hydrogen-bond donors (Lipinski definition) is 2. The SMILES string of the molecule is [2H]C([2H])([2H])c1cc(B(O)O)cc(N2C([2H])([2H])C([2H])([2H])N(C([2H])([2H])[2H])C([2H])([2H])C2([2H])[2H])n1. The maximum atomic E-state index is 9.46. The predicted octanol–water partition coefficient (Wildman–Crippen LogP) is -1.18. The third-order valence-electron chi connectivity index (χ3n) is 1.91. The molecule has 1 aromatic rings. The Morgan fingerprint density at radius 2 is 2.12 bits per heavy atom. The molecule has 1 aromatic heterocycles. The lowest BCUT2D eigenvalue weighted by Crippen LogP contribution is -2.45. The van der Waals surface area contributed by atoms with E-state index in [1.807, 2.05) is 0 Å². The number of rotatable bonds is 2. The van der Waals surface area contributed by atoms with Crippen LogP contribution in [0.2, 0.25) is 0 Å². The molecule has 0 amide bonds. The monoisotopic (exact) mass is 249 g/mol. The Balaban J connectivity index is 2.90. The van der Waals surface area contributed by atoms with Crippen LogP contribution in [0.4, 0.5) is 5.82 Å². The highest BCUT2D eigenvalue weighted by Crippen LogP contribution is 2.12. The summed E-state index contributed by atoms with van der Waals surface area (Å²) in [5.41, 5.74) is -1.40. The number of anilines is 1. The van der Waals surface area contributed by atoms with Gasteiger partial charge < -0.3 is 19.8 Å². The molecule has 5 nitrogen and oxygen atoms in total. The first-order chi connectivity index (χ1) is 13.5. The van der Waals surface area contributed by atoms with Crippen molar-refractivity contribution in [2.45, 2.75) is 6.85 Å². The molecule has 0 radical (unpaired) electrons. The maximum absolute atomic E-state index is 9.46. The Labute approximate surface area is 122 Å². The van der Waals surface area contributed by atoms with Crippen molar-refractivity contribution in [1.29, 1.82) is 0 Å². The number of nitrogens with zero attached hydrogens (tertiary/aromatic N) is 3. The van der Waals surface area contributed by atoms with Gasteiger partial charge in [0, 0.05) is 45.4 Å². The summed E-state index contributed by atoms with van der Waals surface area (Å²) in [6.07, 6.45) is 0. The number of aromatic nitrogens is 1.